The fourth-order valence-corrected chi connectivity index (χ4v) is 0.177. The normalized spacial score (nSPS) is 16.0. The van der Waals surface area contributed by atoms with Crippen LogP contribution in [0.1, 0.15) is 0 Å². The molecule has 0 aliphatic carbocycles. The topological polar surface area (TPSA) is 30.8 Å². The zero-order valence-corrected chi connectivity index (χ0v) is 3.00. The van der Waals surface area contributed by atoms with Crippen molar-refractivity contribution in [3.05, 3.63) is 12.5 Å². The summed E-state index contributed by atoms with van der Waals surface area (Å²) in [5.74, 6) is 0. The molecule has 0 unspecified atom stereocenters. The van der Waals surface area contributed by atoms with E-state index in [1.54, 1.807) is 0 Å². The quantitative estimate of drug-likeness (QED) is 0.427. The Labute approximate surface area is 34.9 Å². The number of nitrogens with zero attached hydrogens (tertiary/aromatic N) is 1. The highest BCUT2D eigenvalue weighted by molar-refractivity contribution is 5.46. The minimum absolute atomic E-state index is 1.21. The summed E-state index contributed by atoms with van der Waals surface area (Å²) in [6.45, 7) is 0. The van der Waals surface area contributed by atoms with Gasteiger partial charge in [-0.15, -0.1) is 0 Å². The maximum Gasteiger partial charge on any atom is 0.218 e. The van der Waals surface area contributed by atoms with Crippen molar-refractivity contribution in [3.63, 3.8) is 0 Å². The molecule has 6 heavy (non-hydrogen) atoms. The molecule has 1 aliphatic heterocycles. The number of oxime groups is 1. The number of hydrogen-bond acceptors (Lipinski definition) is 3. The predicted octanol–water partition coefficient (Wildman–Crippen LogP) is 0.448. The van der Waals surface area contributed by atoms with Crippen molar-refractivity contribution in [2.45, 2.75) is 0 Å². The van der Waals surface area contributed by atoms with Gasteiger partial charge in [0, 0.05) is 0 Å². The van der Waals surface area contributed by atoms with Gasteiger partial charge in [0.1, 0.15) is 6.26 Å². The van der Waals surface area contributed by atoms with E-state index in [1.807, 2.05) is 0 Å². The molecule has 0 aromatic carbocycles. The van der Waals surface area contributed by atoms with Crippen LogP contribution in [0.15, 0.2) is 17.7 Å². The molecule has 1 aliphatic rings. The van der Waals surface area contributed by atoms with E-state index < -0.39 is 0 Å². The second kappa shape index (κ2) is 1.45. The van der Waals surface area contributed by atoms with Crippen LogP contribution in [0.25, 0.3) is 0 Å². The maximum atomic E-state index is 4.47. The Balaban J connectivity index is 2.40. The van der Waals surface area contributed by atoms with Crippen molar-refractivity contribution in [2.75, 3.05) is 0 Å². The highest BCUT2D eigenvalue weighted by Crippen LogP contribution is 1.84. The minimum Gasteiger partial charge on any atom is -0.447 e. The predicted molar refractivity (Wildman–Crippen MR) is 19.8 cm³/mol. The van der Waals surface area contributed by atoms with Gasteiger partial charge in [0.25, 0.3) is 0 Å². The van der Waals surface area contributed by atoms with Crippen LogP contribution in [-0.4, -0.2) is 6.40 Å². The Bertz CT molecular complexity index is 66.8. The van der Waals surface area contributed by atoms with Crippen molar-refractivity contribution in [2.24, 2.45) is 5.16 Å². The summed E-state index contributed by atoms with van der Waals surface area (Å²) >= 11 is 0. The highest BCUT2D eigenvalue weighted by atomic mass is 16.7. The maximum absolute atomic E-state index is 4.47. The van der Waals surface area contributed by atoms with E-state index in [-0.39, 0.29) is 0 Å². The fraction of sp³-hybridized carbons (Fsp3) is 0. The molecule has 32 valence electrons. The van der Waals surface area contributed by atoms with E-state index in [2.05, 4.69) is 14.7 Å². The van der Waals surface area contributed by atoms with Crippen LogP contribution in [0.5, 0.6) is 0 Å². The lowest BCUT2D eigenvalue weighted by molar-refractivity contribution is 0.228. The summed E-state index contributed by atoms with van der Waals surface area (Å²) < 4.78 is 4.47. The van der Waals surface area contributed by atoms with E-state index in [0.717, 1.165) is 0 Å². The van der Waals surface area contributed by atoms with Gasteiger partial charge in [-0.1, -0.05) is 0 Å². The van der Waals surface area contributed by atoms with Crippen molar-refractivity contribution >= 4 is 6.40 Å². The average molecular weight is 85.1 g/mol. The minimum atomic E-state index is 1.21. The Morgan fingerprint density at radius 2 is 2.33 bits per heavy atom. The smallest absolute Gasteiger partial charge is 0.218 e. The van der Waals surface area contributed by atoms with Gasteiger partial charge >= 0.3 is 0 Å². The lowest BCUT2D eigenvalue weighted by atomic mass is 11.0. The molecule has 0 saturated carbocycles. The van der Waals surface area contributed by atoms with E-state index in [0.29, 0.717) is 0 Å². The molecule has 0 fully saturated rings. The first-order valence-corrected chi connectivity index (χ1v) is 1.48. The van der Waals surface area contributed by atoms with Crippen LogP contribution < -0.4 is 0 Å². The van der Waals surface area contributed by atoms with Crippen LogP contribution in [-0.2, 0) is 9.57 Å². The summed E-state index contributed by atoms with van der Waals surface area (Å²) in [7, 11) is 0. The van der Waals surface area contributed by atoms with Crippen LogP contribution >= 0.6 is 0 Å². The van der Waals surface area contributed by atoms with Crippen molar-refractivity contribution < 1.29 is 9.57 Å². The molecular formula is C3H3NO2. The third-order valence-electron chi connectivity index (χ3n) is 0.360. The van der Waals surface area contributed by atoms with Crippen LogP contribution in [0.3, 0.4) is 0 Å². The van der Waals surface area contributed by atoms with Gasteiger partial charge in [-0.05, 0) is 5.16 Å². The van der Waals surface area contributed by atoms with E-state index in [1.165, 1.54) is 18.9 Å². The molecule has 1 rings (SSSR count). The van der Waals surface area contributed by atoms with E-state index in [9.17, 15) is 0 Å². The lowest BCUT2D eigenvalue weighted by Gasteiger charge is -1.92. The number of ether oxygens (including phenoxy) is 1. The number of hydrogen-bond donors (Lipinski definition) is 0. The Kier molecular flexibility index (Phi) is 0.774. The zero-order chi connectivity index (χ0) is 4.24. The van der Waals surface area contributed by atoms with Gasteiger partial charge in [-0.25, -0.2) is 0 Å². The van der Waals surface area contributed by atoms with Gasteiger partial charge in [0.05, 0.1) is 0 Å². The number of rotatable bonds is 0. The van der Waals surface area contributed by atoms with Crippen LogP contribution in [0, 0.1) is 0 Å². The molecule has 0 bridgehead atoms. The summed E-state index contributed by atoms with van der Waals surface area (Å²) in [5.41, 5.74) is 0. The molecule has 0 N–H and O–H groups in total. The largest absolute Gasteiger partial charge is 0.447 e. The first kappa shape index (κ1) is 3.21. The summed E-state index contributed by atoms with van der Waals surface area (Å²) in [6.07, 6.45) is 3.95. The standard InChI is InChI=1S/C3H3NO2/c1-2-6-4-3-5-1/h1-3H. The molecular weight excluding hydrogens is 82.0 g/mol. The Morgan fingerprint density at radius 1 is 1.33 bits per heavy atom. The van der Waals surface area contributed by atoms with Crippen molar-refractivity contribution in [3.8, 4) is 0 Å². The molecule has 0 atom stereocenters. The van der Waals surface area contributed by atoms with E-state index >= 15 is 0 Å². The van der Waals surface area contributed by atoms with E-state index in [4.69, 9.17) is 0 Å². The molecule has 0 spiro atoms. The van der Waals surface area contributed by atoms with Gasteiger partial charge in [-0.3, -0.25) is 0 Å². The molecule has 0 aromatic heterocycles. The molecule has 0 saturated heterocycles. The van der Waals surface area contributed by atoms with Gasteiger partial charge in [-0.2, -0.15) is 0 Å². The Morgan fingerprint density at radius 3 is 2.50 bits per heavy atom. The molecule has 0 radical (unpaired) electrons. The summed E-state index contributed by atoms with van der Waals surface area (Å²) in [5, 5.41) is 3.24. The van der Waals surface area contributed by atoms with Crippen LogP contribution in [0.2, 0.25) is 0 Å². The highest BCUT2D eigenvalue weighted by Gasteiger charge is 1.76. The summed E-state index contributed by atoms with van der Waals surface area (Å²) in [6, 6.07) is 0. The second-order valence-corrected chi connectivity index (χ2v) is 0.724. The lowest BCUT2D eigenvalue weighted by Crippen LogP contribution is -1.82. The van der Waals surface area contributed by atoms with Gasteiger partial charge < -0.3 is 9.57 Å². The third-order valence-corrected chi connectivity index (χ3v) is 0.360. The monoisotopic (exact) mass is 85.0 g/mol. The van der Waals surface area contributed by atoms with Gasteiger partial charge in [0.15, 0.2) is 6.26 Å². The molecule has 0 amide bonds. The summed E-state index contributed by atoms with van der Waals surface area (Å²) in [4.78, 5) is 4.33. The van der Waals surface area contributed by atoms with Crippen molar-refractivity contribution in [1.29, 1.82) is 0 Å². The molecule has 3 heteroatoms. The Hall–Kier alpha value is -0.990. The van der Waals surface area contributed by atoms with Crippen molar-refractivity contribution in [1.82, 2.24) is 0 Å². The molecule has 3 nitrogen and oxygen atoms in total. The van der Waals surface area contributed by atoms with Crippen LogP contribution in [0.4, 0.5) is 0 Å². The fourth-order valence-electron chi connectivity index (χ4n) is 0.177. The first-order valence-electron chi connectivity index (χ1n) is 1.48. The molecule has 0 aromatic rings. The third kappa shape index (κ3) is 0.484. The second-order valence-electron chi connectivity index (χ2n) is 0.724. The molecule has 1 heterocycles. The first-order chi connectivity index (χ1) is 3.00. The zero-order valence-electron chi connectivity index (χ0n) is 3.00. The SMILES string of the molecule is C1=CON=CO1. The van der Waals surface area contributed by atoms with Gasteiger partial charge in [0.2, 0.25) is 6.40 Å². The average Bonchev–Trinajstić information content (AvgIpc) is 1.72.